The Hall–Kier alpha value is -1.27. The molecule has 1 fully saturated rings. The molecule has 5 nitrogen and oxygen atoms in total. The lowest BCUT2D eigenvalue weighted by Gasteiger charge is -2.37. The van der Waals surface area contributed by atoms with Gasteiger partial charge in [-0.1, -0.05) is 19.3 Å². The van der Waals surface area contributed by atoms with Crippen LogP contribution in [0.15, 0.2) is 17.2 Å². The first-order chi connectivity index (χ1) is 9.39. The molecule has 0 aromatic carbocycles. The molecule has 6 heteroatoms. The van der Waals surface area contributed by atoms with E-state index in [2.05, 4.69) is 4.98 Å². The molecule has 0 unspecified atom stereocenters. The number of pyridine rings is 1. The quantitative estimate of drug-likeness (QED) is 0.744. The zero-order chi connectivity index (χ0) is 14.5. The second kappa shape index (κ2) is 4.36. The Labute approximate surface area is 119 Å². The summed E-state index contributed by atoms with van der Waals surface area (Å²) in [5.41, 5.74) is 0.486. The minimum absolute atomic E-state index is 0.164. The minimum atomic E-state index is -3.53. The van der Waals surface area contributed by atoms with E-state index in [1.165, 1.54) is 23.5 Å². The van der Waals surface area contributed by atoms with Gasteiger partial charge in [0.25, 0.3) is 0 Å². The Morgan fingerprint density at radius 1 is 1.30 bits per heavy atom. The van der Waals surface area contributed by atoms with Crippen LogP contribution in [0.1, 0.15) is 55.1 Å². The van der Waals surface area contributed by atoms with Gasteiger partial charge in [0.15, 0.2) is 5.78 Å². The van der Waals surface area contributed by atoms with Crippen molar-refractivity contribution in [2.24, 2.45) is 0 Å². The number of carbonyl (C=O) groups is 1. The van der Waals surface area contributed by atoms with Crippen LogP contribution >= 0.6 is 0 Å². The number of rotatable bonds is 1. The van der Waals surface area contributed by atoms with Gasteiger partial charge in [-0.3, -0.25) is 9.78 Å². The van der Waals surface area contributed by atoms with Gasteiger partial charge >= 0.3 is 0 Å². The maximum absolute atomic E-state index is 12.6. The number of fused-ring (bicyclic) bond motifs is 2. The Kier molecular flexibility index (Phi) is 2.99. The van der Waals surface area contributed by atoms with Gasteiger partial charge in [-0.2, -0.15) is 4.31 Å². The van der Waals surface area contributed by atoms with Gasteiger partial charge in [0, 0.05) is 18.8 Å². The number of sulfonamides is 1. The van der Waals surface area contributed by atoms with E-state index in [1.807, 2.05) is 0 Å². The van der Waals surface area contributed by atoms with Crippen LogP contribution in [-0.2, 0) is 15.6 Å². The van der Waals surface area contributed by atoms with Crippen molar-refractivity contribution in [3.05, 3.63) is 23.5 Å². The Morgan fingerprint density at radius 2 is 1.95 bits per heavy atom. The third-order valence-electron chi connectivity index (χ3n) is 4.62. The van der Waals surface area contributed by atoms with Crippen molar-refractivity contribution in [2.75, 3.05) is 7.05 Å². The molecule has 1 aliphatic carbocycles. The summed E-state index contributed by atoms with van der Waals surface area (Å²) in [6.07, 6.45) is 6.28. The molecule has 2 heterocycles. The van der Waals surface area contributed by atoms with Gasteiger partial charge in [-0.05, 0) is 25.8 Å². The fourth-order valence-electron chi connectivity index (χ4n) is 3.40. The summed E-state index contributed by atoms with van der Waals surface area (Å²) < 4.78 is 26.7. The van der Waals surface area contributed by atoms with Crippen molar-refractivity contribution in [3.8, 4) is 0 Å². The van der Waals surface area contributed by atoms with E-state index in [0.717, 1.165) is 32.1 Å². The first-order valence-electron chi connectivity index (χ1n) is 6.90. The van der Waals surface area contributed by atoms with E-state index in [0.29, 0.717) is 11.3 Å². The molecule has 1 aliphatic heterocycles. The standard InChI is InChI=1S/C14H18N2O3S/c1-10(17)11-8-12-13(15-9-11)14(6-4-3-5-7-14)16(2)20(12,18)19/h8-9H,3-7H2,1-2H3. The van der Waals surface area contributed by atoms with Crippen molar-refractivity contribution in [2.45, 2.75) is 49.5 Å². The molecular weight excluding hydrogens is 276 g/mol. The minimum Gasteiger partial charge on any atom is -0.294 e. The number of aromatic nitrogens is 1. The average molecular weight is 294 g/mol. The van der Waals surface area contributed by atoms with Crippen LogP contribution in [0.2, 0.25) is 0 Å². The maximum atomic E-state index is 12.6. The molecule has 0 radical (unpaired) electrons. The average Bonchev–Trinajstić information content (AvgIpc) is 2.60. The highest BCUT2D eigenvalue weighted by atomic mass is 32.2. The molecule has 1 saturated carbocycles. The first-order valence-corrected chi connectivity index (χ1v) is 8.34. The summed E-state index contributed by atoms with van der Waals surface area (Å²) in [5, 5.41) is 0. The van der Waals surface area contributed by atoms with Crippen LogP contribution in [-0.4, -0.2) is 30.5 Å². The summed E-state index contributed by atoms with van der Waals surface area (Å²) in [4.78, 5) is 16.0. The largest absolute Gasteiger partial charge is 0.294 e. The fourth-order valence-corrected chi connectivity index (χ4v) is 5.19. The molecule has 0 bridgehead atoms. The molecular formula is C14H18N2O3S. The van der Waals surface area contributed by atoms with Crippen LogP contribution in [0.4, 0.5) is 0 Å². The van der Waals surface area contributed by atoms with Crippen molar-refractivity contribution >= 4 is 15.8 Å². The summed E-state index contributed by atoms with van der Waals surface area (Å²) in [5.74, 6) is -0.164. The van der Waals surface area contributed by atoms with E-state index < -0.39 is 15.6 Å². The number of ketones is 1. The second-order valence-corrected chi connectivity index (χ2v) is 7.63. The molecule has 2 aliphatic rings. The SMILES string of the molecule is CC(=O)c1cnc2c(c1)S(=O)(=O)N(C)C21CCCCC1. The predicted octanol–water partition coefficient (Wildman–Crippen LogP) is 2.08. The highest BCUT2D eigenvalue weighted by Gasteiger charge is 2.53. The summed E-state index contributed by atoms with van der Waals surface area (Å²) in [6.45, 7) is 1.42. The van der Waals surface area contributed by atoms with Gasteiger partial charge < -0.3 is 0 Å². The van der Waals surface area contributed by atoms with Crippen molar-refractivity contribution in [1.82, 2.24) is 9.29 Å². The van der Waals surface area contributed by atoms with Crippen molar-refractivity contribution in [1.29, 1.82) is 0 Å². The predicted molar refractivity (Wildman–Crippen MR) is 74.0 cm³/mol. The van der Waals surface area contributed by atoms with Gasteiger partial charge in [0.1, 0.15) is 4.90 Å². The molecule has 1 spiro atoms. The number of hydrogen-bond acceptors (Lipinski definition) is 4. The van der Waals surface area contributed by atoms with E-state index >= 15 is 0 Å². The molecule has 0 N–H and O–H groups in total. The smallest absolute Gasteiger partial charge is 0.245 e. The molecule has 3 rings (SSSR count). The monoisotopic (exact) mass is 294 g/mol. The van der Waals surface area contributed by atoms with Crippen molar-refractivity contribution < 1.29 is 13.2 Å². The molecule has 0 saturated heterocycles. The Morgan fingerprint density at radius 3 is 2.55 bits per heavy atom. The number of hydrogen-bond donors (Lipinski definition) is 0. The molecule has 1 aromatic heterocycles. The van der Waals surface area contributed by atoms with E-state index in [1.54, 1.807) is 7.05 Å². The van der Waals surface area contributed by atoms with Gasteiger partial charge in [-0.15, -0.1) is 0 Å². The van der Waals surface area contributed by atoms with Crippen molar-refractivity contribution in [3.63, 3.8) is 0 Å². The van der Waals surface area contributed by atoms with Crippen LogP contribution in [0.5, 0.6) is 0 Å². The van der Waals surface area contributed by atoms with Crippen LogP contribution in [0.3, 0.4) is 0 Å². The fraction of sp³-hybridized carbons (Fsp3) is 0.571. The Bertz CT molecular complexity index is 676. The summed E-state index contributed by atoms with van der Waals surface area (Å²) in [7, 11) is -1.90. The lowest BCUT2D eigenvalue weighted by molar-refractivity contribution is 0.101. The van der Waals surface area contributed by atoms with Gasteiger partial charge in [0.05, 0.1) is 11.2 Å². The normalized spacial score (nSPS) is 23.7. The molecule has 0 amide bonds. The third kappa shape index (κ3) is 1.67. The van der Waals surface area contributed by atoms with E-state index in [9.17, 15) is 13.2 Å². The first kappa shape index (κ1) is 13.7. The van der Waals surface area contributed by atoms with Gasteiger partial charge in [0.2, 0.25) is 10.0 Å². The molecule has 0 atom stereocenters. The highest BCUT2D eigenvalue weighted by Crippen LogP contribution is 2.50. The molecule has 1 aromatic rings. The molecule has 20 heavy (non-hydrogen) atoms. The lowest BCUT2D eigenvalue weighted by Crippen LogP contribution is -2.42. The van der Waals surface area contributed by atoms with Crippen LogP contribution < -0.4 is 0 Å². The zero-order valence-electron chi connectivity index (χ0n) is 11.7. The van der Waals surface area contributed by atoms with Crippen LogP contribution in [0, 0.1) is 0 Å². The summed E-state index contributed by atoms with van der Waals surface area (Å²) in [6, 6.07) is 1.49. The zero-order valence-corrected chi connectivity index (χ0v) is 12.5. The highest BCUT2D eigenvalue weighted by molar-refractivity contribution is 7.89. The number of carbonyl (C=O) groups excluding carboxylic acids is 1. The maximum Gasteiger partial charge on any atom is 0.245 e. The van der Waals surface area contributed by atoms with E-state index in [4.69, 9.17) is 0 Å². The summed E-state index contributed by atoms with van der Waals surface area (Å²) >= 11 is 0. The second-order valence-electron chi connectivity index (χ2n) is 5.69. The number of nitrogens with zero attached hydrogens (tertiary/aromatic N) is 2. The van der Waals surface area contributed by atoms with Crippen LogP contribution in [0.25, 0.3) is 0 Å². The third-order valence-corrected chi connectivity index (χ3v) is 6.56. The number of Topliss-reactive ketones (excluding diaryl/α,β-unsaturated/α-hetero) is 1. The lowest BCUT2D eigenvalue weighted by atomic mass is 9.79. The van der Waals surface area contributed by atoms with Gasteiger partial charge in [-0.25, -0.2) is 8.42 Å². The Balaban J connectivity index is 2.24. The van der Waals surface area contributed by atoms with E-state index in [-0.39, 0.29) is 10.7 Å². The topological polar surface area (TPSA) is 67.3 Å². The molecule has 108 valence electrons.